The third-order valence-corrected chi connectivity index (χ3v) is 4.79. The van der Waals surface area contributed by atoms with Crippen LogP contribution in [0.5, 0.6) is 5.75 Å². The van der Waals surface area contributed by atoms with Crippen LogP contribution in [0.4, 0.5) is 0 Å². The molecular formula is C18H24N2O3S. The lowest BCUT2D eigenvalue weighted by Crippen LogP contribution is -2.29. The Labute approximate surface area is 146 Å². The Morgan fingerprint density at radius 3 is 2.79 bits per heavy atom. The number of phenolic OH excluding ortho intramolecular Hbond substituents is 1. The summed E-state index contributed by atoms with van der Waals surface area (Å²) in [6.45, 7) is 6.51. The molecule has 0 saturated carbocycles. The molecule has 0 radical (unpaired) electrons. The Bertz CT molecular complexity index is 672. The summed E-state index contributed by atoms with van der Waals surface area (Å²) >= 11 is 1.51. The number of hydrogen-bond donors (Lipinski definition) is 2. The number of hydrogen-bond acceptors (Lipinski definition) is 5. The zero-order chi connectivity index (χ0) is 17.5. The molecule has 24 heavy (non-hydrogen) atoms. The Hall–Kier alpha value is -1.92. The second-order valence-electron chi connectivity index (χ2n) is 5.54. The number of amides is 1. The van der Waals surface area contributed by atoms with Gasteiger partial charge >= 0.3 is 0 Å². The van der Waals surface area contributed by atoms with Crippen molar-refractivity contribution in [2.24, 2.45) is 0 Å². The van der Waals surface area contributed by atoms with Gasteiger partial charge < -0.3 is 15.2 Å². The van der Waals surface area contributed by atoms with Crippen molar-refractivity contribution in [3.8, 4) is 5.75 Å². The zero-order valence-electron chi connectivity index (χ0n) is 14.3. The van der Waals surface area contributed by atoms with E-state index in [0.717, 1.165) is 16.3 Å². The van der Waals surface area contributed by atoms with Gasteiger partial charge in [0, 0.05) is 17.6 Å². The molecule has 2 atom stereocenters. The minimum absolute atomic E-state index is 0.0542. The van der Waals surface area contributed by atoms with Gasteiger partial charge in [0.1, 0.15) is 16.9 Å². The van der Waals surface area contributed by atoms with Crippen LogP contribution in [0.3, 0.4) is 0 Å². The lowest BCUT2D eigenvalue weighted by molar-refractivity contribution is -0.121. The van der Waals surface area contributed by atoms with Crippen LogP contribution in [-0.4, -0.2) is 22.6 Å². The molecule has 2 aromatic rings. The zero-order valence-corrected chi connectivity index (χ0v) is 15.1. The lowest BCUT2D eigenvalue weighted by atomic mass is 10.0. The van der Waals surface area contributed by atoms with E-state index in [1.54, 1.807) is 12.1 Å². The summed E-state index contributed by atoms with van der Waals surface area (Å²) in [6.07, 6.45) is 0.869. The van der Waals surface area contributed by atoms with Gasteiger partial charge in [-0.25, -0.2) is 4.98 Å². The van der Waals surface area contributed by atoms with E-state index in [4.69, 9.17) is 4.74 Å². The molecule has 0 aliphatic rings. The topological polar surface area (TPSA) is 71.5 Å². The van der Waals surface area contributed by atoms with Crippen molar-refractivity contribution >= 4 is 17.2 Å². The highest BCUT2D eigenvalue weighted by atomic mass is 32.1. The summed E-state index contributed by atoms with van der Waals surface area (Å²) in [5.74, 6) is 0.0946. The summed E-state index contributed by atoms with van der Waals surface area (Å²) in [5, 5.41) is 15.7. The van der Waals surface area contributed by atoms with Gasteiger partial charge in [0.2, 0.25) is 5.91 Å². The Kier molecular flexibility index (Phi) is 6.75. The van der Waals surface area contributed by atoms with E-state index >= 15 is 0 Å². The second-order valence-corrected chi connectivity index (χ2v) is 6.43. The molecule has 1 amide bonds. The molecule has 130 valence electrons. The highest BCUT2D eigenvalue weighted by Crippen LogP contribution is 2.26. The summed E-state index contributed by atoms with van der Waals surface area (Å²) in [4.78, 5) is 16.8. The molecule has 0 unspecified atom stereocenters. The van der Waals surface area contributed by atoms with Crippen LogP contribution in [0.25, 0.3) is 0 Å². The minimum atomic E-state index is -0.209. The van der Waals surface area contributed by atoms with E-state index in [1.807, 2.05) is 38.3 Å². The number of aromatic hydroxyl groups is 1. The molecule has 0 bridgehead atoms. The second kappa shape index (κ2) is 8.80. The maximum atomic E-state index is 12.3. The molecule has 2 N–H and O–H groups in total. The summed E-state index contributed by atoms with van der Waals surface area (Å²) in [5.41, 5.74) is 1.48. The molecule has 6 heteroatoms. The van der Waals surface area contributed by atoms with E-state index in [-0.39, 0.29) is 30.2 Å². The highest BCUT2D eigenvalue weighted by Gasteiger charge is 2.17. The molecule has 1 aromatic heterocycles. The van der Waals surface area contributed by atoms with E-state index in [9.17, 15) is 9.90 Å². The Morgan fingerprint density at radius 1 is 1.38 bits per heavy atom. The molecule has 0 fully saturated rings. The molecule has 0 saturated heterocycles. The van der Waals surface area contributed by atoms with Gasteiger partial charge in [0.05, 0.1) is 18.2 Å². The van der Waals surface area contributed by atoms with Crippen molar-refractivity contribution in [3.63, 3.8) is 0 Å². The third kappa shape index (κ3) is 4.79. The van der Waals surface area contributed by atoms with Gasteiger partial charge in [-0.1, -0.05) is 25.1 Å². The number of phenols is 1. The first-order valence-corrected chi connectivity index (χ1v) is 9.06. The van der Waals surface area contributed by atoms with Crippen molar-refractivity contribution in [2.45, 2.75) is 45.8 Å². The van der Waals surface area contributed by atoms with Crippen LogP contribution in [0.2, 0.25) is 0 Å². The number of carbonyl (C=O) groups excluding carboxylic acids is 1. The monoisotopic (exact) mass is 348 g/mol. The van der Waals surface area contributed by atoms with Crippen LogP contribution in [-0.2, 0) is 16.0 Å². The number of benzene rings is 1. The first kappa shape index (κ1) is 18.4. The lowest BCUT2D eigenvalue weighted by Gasteiger charge is -2.18. The number of rotatable bonds is 8. The standard InChI is InChI=1S/C18H24N2O3S/c1-4-15(14-8-6-7-9-16(14)21)20-17(22)10-13-11-24-18(19-13)12(3)23-5-2/h6-9,11-12,15,21H,4-5,10H2,1-3H3,(H,20,22)/t12-,15+/m0/s1. The average Bonchev–Trinajstić information content (AvgIpc) is 3.02. The van der Waals surface area contributed by atoms with Crippen LogP contribution in [0.1, 0.15) is 55.6 Å². The predicted octanol–water partition coefficient (Wildman–Crippen LogP) is 3.76. The summed E-state index contributed by atoms with van der Waals surface area (Å²) < 4.78 is 5.52. The van der Waals surface area contributed by atoms with Gasteiger partial charge in [-0.05, 0) is 26.3 Å². The van der Waals surface area contributed by atoms with Gasteiger partial charge in [-0.2, -0.15) is 0 Å². The van der Waals surface area contributed by atoms with Crippen LogP contribution in [0.15, 0.2) is 29.6 Å². The van der Waals surface area contributed by atoms with Crippen LogP contribution < -0.4 is 5.32 Å². The van der Waals surface area contributed by atoms with Crippen LogP contribution in [0, 0.1) is 0 Å². The number of carbonyl (C=O) groups is 1. The van der Waals surface area contributed by atoms with E-state index < -0.39 is 0 Å². The molecule has 1 heterocycles. The molecule has 0 aliphatic carbocycles. The van der Waals surface area contributed by atoms with Gasteiger partial charge in [-0.3, -0.25) is 4.79 Å². The van der Waals surface area contributed by atoms with Crippen LogP contribution >= 0.6 is 11.3 Å². The normalized spacial score (nSPS) is 13.5. The first-order chi connectivity index (χ1) is 11.5. The summed E-state index contributed by atoms with van der Waals surface area (Å²) in [7, 11) is 0. The maximum absolute atomic E-state index is 12.3. The Balaban J connectivity index is 1.98. The van der Waals surface area contributed by atoms with Crippen molar-refractivity contribution in [2.75, 3.05) is 6.61 Å². The average molecular weight is 348 g/mol. The largest absolute Gasteiger partial charge is 0.508 e. The Morgan fingerprint density at radius 2 is 2.12 bits per heavy atom. The fourth-order valence-corrected chi connectivity index (χ4v) is 3.33. The van der Waals surface area contributed by atoms with Crippen molar-refractivity contribution in [1.29, 1.82) is 0 Å². The smallest absolute Gasteiger partial charge is 0.226 e. The minimum Gasteiger partial charge on any atom is -0.508 e. The first-order valence-electron chi connectivity index (χ1n) is 8.18. The fraction of sp³-hybridized carbons (Fsp3) is 0.444. The quantitative estimate of drug-likeness (QED) is 0.762. The van der Waals surface area contributed by atoms with Crippen molar-refractivity contribution in [3.05, 3.63) is 45.9 Å². The molecule has 0 spiro atoms. The van der Waals surface area contributed by atoms with Crippen molar-refractivity contribution in [1.82, 2.24) is 10.3 Å². The SMILES string of the molecule is CCO[C@@H](C)c1nc(CC(=O)N[C@H](CC)c2ccccc2O)cs1. The third-order valence-electron chi connectivity index (χ3n) is 3.73. The number of nitrogens with one attached hydrogen (secondary N) is 1. The van der Waals surface area contributed by atoms with E-state index in [0.29, 0.717) is 13.0 Å². The fourth-order valence-electron chi connectivity index (χ4n) is 2.50. The number of thiazole rings is 1. The predicted molar refractivity (Wildman–Crippen MR) is 95.1 cm³/mol. The maximum Gasteiger partial charge on any atom is 0.226 e. The molecule has 5 nitrogen and oxygen atoms in total. The summed E-state index contributed by atoms with van der Waals surface area (Å²) in [6, 6.07) is 6.87. The number of nitrogens with zero attached hydrogens (tertiary/aromatic N) is 1. The van der Waals surface area contributed by atoms with Gasteiger partial charge in [0.25, 0.3) is 0 Å². The van der Waals surface area contributed by atoms with E-state index in [2.05, 4.69) is 10.3 Å². The molecule has 1 aromatic carbocycles. The number of ether oxygens (including phenoxy) is 1. The highest BCUT2D eigenvalue weighted by molar-refractivity contribution is 7.09. The van der Waals surface area contributed by atoms with Crippen molar-refractivity contribution < 1.29 is 14.6 Å². The number of para-hydroxylation sites is 1. The van der Waals surface area contributed by atoms with E-state index in [1.165, 1.54) is 11.3 Å². The molecule has 2 rings (SSSR count). The molecule has 0 aliphatic heterocycles. The van der Waals surface area contributed by atoms with Gasteiger partial charge in [-0.15, -0.1) is 11.3 Å². The van der Waals surface area contributed by atoms with Gasteiger partial charge in [0.15, 0.2) is 0 Å². The molecular weight excluding hydrogens is 324 g/mol. The number of aromatic nitrogens is 1.